The van der Waals surface area contributed by atoms with Crippen LogP contribution in [0.5, 0.6) is 0 Å². The molecule has 1 unspecified atom stereocenters. The Labute approximate surface area is 162 Å². The molecule has 0 saturated carbocycles. The molecule has 0 saturated heterocycles. The molecule has 2 aromatic rings. The maximum absolute atomic E-state index is 13.3. The van der Waals surface area contributed by atoms with Gasteiger partial charge in [-0.3, -0.25) is 4.79 Å². The number of carboxylic acid groups (broad SMARTS) is 1. The van der Waals surface area contributed by atoms with Crippen LogP contribution < -0.4 is 0 Å². The summed E-state index contributed by atoms with van der Waals surface area (Å²) in [7, 11) is -3.76. The highest BCUT2D eigenvalue weighted by Gasteiger charge is 2.30. The maximum atomic E-state index is 13.3. The summed E-state index contributed by atoms with van der Waals surface area (Å²) in [5.41, 5.74) is 1.50. The Kier molecular flexibility index (Phi) is 6.97. The van der Waals surface area contributed by atoms with Crippen molar-refractivity contribution in [2.75, 3.05) is 6.54 Å². The minimum Gasteiger partial charge on any atom is -0.481 e. The number of hydrogen-bond acceptors (Lipinski definition) is 3. The van der Waals surface area contributed by atoms with Crippen LogP contribution in [0.15, 0.2) is 57.9 Å². The Bertz CT molecular complexity index is 883. The fourth-order valence-corrected chi connectivity index (χ4v) is 5.12. The van der Waals surface area contributed by atoms with Gasteiger partial charge in [0.2, 0.25) is 10.0 Å². The lowest BCUT2D eigenvalue weighted by molar-refractivity contribution is -0.137. The molecule has 0 aliphatic carbocycles. The van der Waals surface area contributed by atoms with Crippen molar-refractivity contribution in [3.8, 4) is 0 Å². The molecule has 0 heterocycles. The second kappa shape index (κ2) is 8.79. The highest BCUT2D eigenvalue weighted by molar-refractivity contribution is 9.10. The van der Waals surface area contributed by atoms with E-state index in [0.29, 0.717) is 5.56 Å². The van der Waals surface area contributed by atoms with Crippen molar-refractivity contribution in [3.05, 3.63) is 64.1 Å². The standard InChI is InChI=1S/C19H22BrNO4S/c1-14-7-3-4-10-18(14)26(24,25)21(12-6-11-19(22)23)15(2)16-8-5-9-17(20)13-16/h3-5,7-10,13,15H,6,11-12H2,1-2H3,(H,22,23). The molecular formula is C19H22BrNO4S. The number of carboxylic acids is 1. The van der Waals surface area contributed by atoms with E-state index < -0.39 is 22.0 Å². The molecule has 0 aliphatic rings. The van der Waals surface area contributed by atoms with Crippen LogP contribution in [-0.2, 0) is 14.8 Å². The normalized spacial score (nSPS) is 12.9. The summed E-state index contributed by atoms with van der Waals surface area (Å²) >= 11 is 3.41. The van der Waals surface area contributed by atoms with E-state index in [0.717, 1.165) is 10.0 Å². The molecule has 2 rings (SSSR count). The molecule has 0 amide bonds. The second-order valence-electron chi connectivity index (χ2n) is 6.11. The molecule has 5 nitrogen and oxygen atoms in total. The number of carbonyl (C=O) groups is 1. The Morgan fingerprint density at radius 1 is 1.19 bits per heavy atom. The SMILES string of the molecule is Cc1ccccc1S(=O)(=O)N(CCCC(=O)O)C(C)c1cccc(Br)c1. The molecule has 0 fully saturated rings. The van der Waals surface area contributed by atoms with Crippen molar-refractivity contribution >= 4 is 31.9 Å². The lowest BCUT2D eigenvalue weighted by atomic mass is 10.1. The Hall–Kier alpha value is -1.70. The van der Waals surface area contributed by atoms with Crippen LogP contribution in [0.4, 0.5) is 0 Å². The summed E-state index contributed by atoms with van der Waals surface area (Å²) < 4.78 is 28.8. The number of sulfonamides is 1. The number of aliphatic carboxylic acids is 1. The first-order valence-electron chi connectivity index (χ1n) is 8.28. The van der Waals surface area contributed by atoms with Crippen LogP contribution in [-0.4, -0.2) is 30.3 Å². The van der Waals surface area contributed by atoms with Gasteiger partial charge in [-0.1, -0.05) is 46.3 Å². The van der Waals surface area contributed by atoms with Crippen molar-refractivity contribution < 1.29 is 18.3 Å². The first kappa shape index (κ1) is 20.6. The summed E-state index contributed by atoms with van der Waals surface area (Å²) in [5.74, 6) is -0.937. The molecule has 140 valence electrons. The van der Waals surface area contributed by atoms with Crippen molar-refractivity contribution in [1.29, 1.82) is 0 Å². The van der Waals surface area contributed by atoms with Gasteiger partial charge in [-0.15, -0.1) is 0 Å². The topological polar surface area (TPSA) is 74.7 Å². The van der Waals surface area contributed by atoms with Crippen molar-refractivity contribution in [2.24, 2.45) is 0 Å². The minimum absolute atomic E-state index is 0.0784. The van der Waals surface area contributed by atoms with Gasteiger partial charge in [-0.25, -0.2) is 8.42 Å². The first-order valence-corrected chi connectivity index (χ1v) is 10.5. The van der Waals surface area contributed by atoms with E-state index in [1.165, 1.54) is 4.31 Å². The molecule has 26 heavy (non-hydrogen) atoms. The van der Waals surface area contributed by atoms with E-state index in [1.54, 1.807) is 31.2 Å². The summed E-state index contributed by atoms with van der Waals surface area (Å²) in [6.45, 7) is 3.71. The lowest BCUT2D eigenvalue weighted by Gasteiger charge is -2.29. The fraction of sp³-hybridized carbons (Fsp3) is 0.316. The van der Waals surface area contributed by atoms with E-state index >= 15 is 0 Å². The van der Waals surface area contributed by atoms with Crippen LogP contribution in [0, 0.1) is 6.92 Å². The monoisotopic (exact) mass is 439 g/mol. The average Bonchev–Trinajstić information content (AvgIpc) is 2.58. The summed E-state index contributed by atoms with van der Waals surface area (Å²) in [6, 6.07) is 13.9. The van der Waals surface area contributed by atoms with Crippen molar-refractivity contribution in [3.63, 3.8) is 0 Å². The molecule has 2 aromatic carbocycles. The van der Waals surface area contributed by atoms with Gasteiger partial charge >= 0.3 is 5.97 Å². The molecule has 0 spiro atoms. The zero-order valence-corrected chi connectivity index (χ0v) is 17.1. The van der Waals surface area contributed by atoms with Crippen molar-refractivity contribution in [2.45, 2.75) is 37.6 Å². The third kappa shape index (κ3) is 4.93. The summed E-state index contributed by atoms with van der Waals surface area (Å²) in [6.07, 6.45) is 0.170. The molecule has 0 bridgehead atoms. The smallest absolute Gasteiger partial charge is 0.303 e. The quantitative estimate of drug-likeness (QED) is 0.662. The molecule has 0 radical (unpaired) electrons. The number of halogens is 1. The van der Waals surface area contributed by atoms with Gasteiger partial charge in [0, 0.05) is 23.5 Å². The number of rotatable bonds is 8. The molecule has 1 atom stereocenters. The minimum atomic E-state index is -3.76. The van der Waals surface area contributed by atoms with E-state index in [-0.39, 0.29) is 24.3 Å². The van der Waals surface area contributed by atoms with Crippen molar-refractivity contribution in [1.82, 2.24) is 4.31 Å². The van der Waals surface area contributed by atoms with Gasteiger partial charge < -0.3 is 5.11 Å². The van der Waals surface area contributed by atoms with Gasteiger partial charge in [-0.2, -0.15) is 4.31 Å². The molecule has 0 aromatic heterocycles. The largest absolute Gasteiger partial charge is 0.481 e. The van der Waals surface area contributed by atoms with Gasteiger partial charge in [-0.05, 0) is 49.6 Å². The molecule has 7 heteroatoms. The molecular weight excluding hydrogens is 418 g/mol. The molecule has 0 aliphatic heterocycles. The van der Waals surface area contributed by atoms with E-state index in [9.17, 15) is 13.2 Å². The van der Waals surface area contributed by atoms with Gasteiger partial charge in [0.15, 0.2) is 0 Å². The number of nitrogens with zero attached hydrogens (tertiary/aromatic N) is 1. The molecule has 1 N–H and O–H groups in total. The number of hydrogen-bond donors (Lipinski definition) is 1. The maximum Gasteiger partial charge on any atom is 0.303 e. The number of aryl methyl sites for hydroxylation is 1. The number of benzene rings is 2. The van der Waals surface area contributed by atoms with E-state index in [4.69, 9.17) is 5.11 Å². The van der Waals surface area contributed by atoms with E-state index in [2.05, 4.69) is 15.9 Å². The Morgan fingerprint density at radius 3 is 2.50 bits per heavy atom. The van der Waals surface area contributed by atoms with Gasteiger partial charge in [0.1, 0.15) is 0 Å². The zero-order valence-electron chi connectivity index (χ0n) is 14.7. The predicted octanol–water partition coefficient (Wildman–Crippen LogP) is 4.37. The summed E-state index contributed by atoms with van der Waals surface area (Å²) in [5, 5.41) is 8.91. The van der Waals surface area contributed by atoms with Gasteiger partial charge in [0.05, 0.1) is 4.90 Å². The van der Waals surface area contributed by atoms with Crippen LogP contribution in [0.25, 0.3) is 0 Å². The lowest BCUT2D eigenvalue weighted by Crippen LogP contribution is -2.35. The van der Waals surface area contributed by atoms with E-state index in [1.807, 2.05) is 31.2 Å². The Morgan fingerprint density at radius 2 is 1.88 bits per heavy atom. The highest BCUT2D eigenvalue weighted by atomic mass is 79.9. The zero-order chi connectivity index (χ0) is 19.3. The van der Waals surface area contributed by atoms with Crippen LogP contribution in [0.1, 0.15) is 36.9 Å². The highest BCUT2D eigenvalue weighted by Crippen LogP contribution is 2.30. The Balaban J connectivity index is 2.43. The fourth-order valence-electron chi connectivity index (χ4n) is 2.81. The second-order valence-corrected chi connectivity index (χ2v) is 8.88. The average molecular weight is 440 g/mol. The third-order valence-electron chi connectivity index (χ3n) is 4.21. The third-order valence-corrected chi connectivity index (χ3v) is 6.84. The first-order chi connectivity index (χ1) is 12.2. The summed E-state index contributed by atoms with van der Waals surface area (Å²) in [4.78, 5) is 11.1. The van der Waals surface area contributed by atoms with Crippen LogP contribution in [0.3, 0.4) is 0 Å². The van der Waals surface area contributed by atoms with Gasteiger partial charge in [0.25, 0.3) is 0 Å². The predicted molar refractivity (Wildman–Crippen MR) is 104 cm³/mol. The van der Waals surface area contributed by atoms with Crippen LogP contribution in [0.2, 0.25) is 0 Å². The van der Waals surface area contributed by atoms with Crippen LogP contribution >= 0.6 is 15.9 Å².